The van der Waals surface area contributed by atoms with Gasteiger partial charge in [0.1, 0.15) is 0 Å². The van der Waals surface area contributed by atoms with Crippen LogP contribution in [0.1, 0.15) is 32.6 Å². The summed E-state index contributed by atoms with van der Waals surface area (Å²) in [6.45, 7) is 3.76. The maximum atomic E-state index is 5.85. The largest absolute Gasteiger partial charge is 0.375 e. The van der Waals surface area contributed by atoms with Gasteiger partial charge in [-0.05, 0) is 45.1 Å². The number of hydrogen-bond acceptors (Lipinski definition) is 3. The fourth-order valence-corrected chi connectivity index (χ4v) is 2.60. The highest BCUT2D eigenvalue weighted by Gasteiger charge is 2.36. The van der Waals surface area contributed by atoms with Crippen LogP contribution < -0.4 is 5.73 Å². The fourth-order valence-electron chi connectivity index (χ4n) is 2.60. The van der Waals surface area contributed by atoms with Crippen LogP contribution in [0.15, 0.2) is 0 Å². The molecule has 4 atom stereocenters. The van der Waals surface area contributed by atoms with Crippen molar-refractivity contribution in [2.45, 2.75) is 50.9 Å². The molecule has 14 heavy (non-hydrogen) atoms. The molecule has 2 N–H and O–H groups in total. The molecule has 2 rings (SSSR count). The van der Waals surface area contributed by atoms with E-state index in [-0.39, 0.29) is 6.10 Å². The Morgan fingerprint density at radius 1 is 1.29 bits per heavy atom. The van der Waals surface area contributed by atoms with Crippen LogP contribution >= 0.6 is 0 Å². The Labute approximate surface area is 85.9 Å². The van der Waals surface area contributed by atoms with Crippen LogP contribution in [0.4, 0.5) is 0 Å². The summed E-state index contributed by atoms with van der Waals surface area (Å²) in [5.74, 6) is 0.513. The third-order valence-corrected chi connectivity index (χ3v) is 3.43. The third-order valence-electron chi connectivity index (χ3n) is 3.43. The molecule has 0 bridgehead atoms. The first-order chi connectivity index (χ1) is 6.81. The highest BCUT2D eigenvalue weighted by molar-refractivity contribution is 4.86. The Kier molecular flexibility index (Phi) is 3.42. The molecule has 2 heterocycles. The number of hydrogen-bond donors (Lipinski definition) is 1. The highest BCUT2D eigenvalue weighted by Crippen LogP contribution is 2.31. The van der Waals surface area contributed by atoms with E-state index < -0.39 is 0 Å². The lowest BCUT2D eigenvalue weighted by atomic mass is 9.90. The van der Waals surface area contributed by atoms with Crippen molar-refractivity contribution in [3.05, 3.63) is 0 Å². The Morgan fingerprint density at radius 3 is 2.79 bits per heavy atom. The zero-order chi connectivity index (χ0) is 9.97. The summed E-state index contributed by atoms with van der Waals surface area (Å²) in [4.78, 5) is 0. The molecule has 2 aliphatic heterocycles. The van der Waals surface area contributed by atoms with E-state index in [4.69, 9.17) is 15.2 Å². The Bertz CT molecular complexity index is 186. The lowest BCUT2D eigenvalue weighted by molar-refractivity contribution is -0.109. The molecular weight excluding hydrogens is 178 g/mol. The molecule has 0 aromatic rings. The Hall–Kier alpha value is -0.120. The smallest absolute Gasteiger partial charge is 0.0876 e. The van der Waals surface area contributed by atoms with E-state index in [1.54, 1.807) is 0 Å². The van der Waals surface area contributed by atoms with Crippen LogP contribution in [0.5, 0.6) is 0 Å². The predicted molar refractivity (Wildman–Crippen MR) is 55.1 cm³/mol. The van der Waals surface area contributed by atoms with Crippen LogP contribution in [0.25, 0.3) is 0 Å². The average molecular weight is 199 g/mol. The van der Waals surface area contributed by atoms with Crippen molar-refractivity contribution in [3.8, 4) is 0 Å². The summed E-state index contributed by atoms with van der Waals surface area (Å²) in [6, 6.07) is 0. The third kappa shape index (κ3) is 2.10. The summed E-state index contributed by atoms with van der Waals surface area (Å²) in [6.07, 6.45) is 5.64. The quantitative estimate of drug-likeness (QED) is 0.729. The van der Waals surface area contributed by atoms with Crippen molar-refractivity contribution in [1.29, 1.82) is 0 Å². The molecule has 0 aliphatic carbocycles. The van der Waals surface area contributed by atoms with E-state index >= 15 is 0 Å². The van der Waals surface area contributed by atoms with Gasteiger partial charge in [0.05, 0.1) is 18.3 Å². The first kappa shape index (κ1) is 10.4. The fraction of sp³-hybridized carbons (Fsp3) is 1.00. The van der Waals surface area contributed by atoms with Gasteiger partial charge in [-0.3, -0.25) is 0 Å². The Balaban J connectivity index is 1.93. The number of ether oxygens (including phenoxy) is 2. The van der Waals surface area contributed by atoms with Crippen molar-refractivity contribution >= 4 is 0 Å². The Morgan fingerprint density at radius 2 is 2.14 bits per heavy atom. The van der Waals surface area contributed by atoms with Crippen molar-refractivity contribution in [2.75, 3.05) is 13.2 Å². The van der Waals surface area contributed by atoms with Gasteiger partial charge < -0.3 is 15.2 Å². The number of nitrogens with two attached hydrogens (primary N) is 1. The molecule has 0 aromatic carbocycles. The van der Waals surface area contributed by atoms with E-state index in [0.29, 0.717) is 18.1 Å². The molecule has 0 radical (unpaired) electrons. The van der Waals surface area contributed by atoms with Gasteiger partial charge in [0.25, 0.3) is 0 Å². The summed E-state index contributed by atoms with van der Waals surface area (Å²) in [5.41, 5.74) is 5.76. The zero-order valence-electron chi connectivity index (χ0n) is 8.95. The molecule has 0 aromatic heterocycles. The molecule has 4 unspecified atom stereocenters. The van der Waals surface area contributed by atoms with E-state index in [1.807, 2.05) is 0 Å². The minimum atomic E-state index is 0.263. The SMILES string of the molecule is CC1CCC(C2OCCCC2CN)O1. The maximum absolute atomic E-state index is 5.85. The van der Waals surface area contributed by atoms with Crippen LogP contribution in [0, 0.1) is 5.92 Å². The maximum Gasteiger partial charge on any atom is 0.0876 e. The minimum absolute atomic E-state index is 0.263. The van der Waals surface area contributed by atoms with Gasteiger partial charge in [-0.2, -0.15) is 0 Å². The topological polar surface area (TPSA) is 44.5 Å². The van der Waals surface area contributed by atoms with Gasteiger partial charge in [-0.1, -0.05) is 0 Å². The molecule has 2 aliphatic rings. The van der Waals surface area contributed by atoms with Gasteiger partial charge in [0.15, 0.2) is 0 Å². The molecule has 3 nitrogen and oxygen atoms in total. The van der Waals surface area contributed by atoms with Crippen molar-refractivity contribution < 1.29 is 9.47 Å². The lowest BCUT2D eigenvalue weighted by Gasteiger charge is -2.34. The standard InChI is InChI=1S/C11H21NO2/c1-8-4-5-10(14-8)11-9(7-12)3-2-6-13-11/h8-11H,2-7,12H2,1H3. The molecule has 0 spiro atoms. The molecular formula is C11H21NO2. The molecule has 82 valence electrons. The molecule has 2 saturated heterocycles. The molecule has 3 heteroatoms. The van der Waals surface area contributed by atoms with E-state index in [2.05, 4.69) is 6.92 Å². The van der Waals surface area contributed by atoms with Gasteiger partial charge in [0, 0.05) is 6.61 Å². The summed E-state index contributed by atoms with van der Waals surface area (Å²) in [5, 5.41) is 0. The second-order valence-electron chi connectivity index (χ2n) is 4.54. The zero-order valence-corrected chi connectivity index (χ0v) is 8.95. The van der Waals surface area contributed by atoms with Gasteiger partial charge in [-0.25, -0.2) is 0 Å². The van der Waals surface area contributed by atoms with Crippen LogP contribution in [0.2, 0.25) is 0 Å². The lowest BCUT2D eigenvalue weighted by Crippen LogP contribution is -2.42. The normalized spacial score (nSPS) is 44.1. The summed E-state index contributed by atoms with van der Waals surface area (Å²) >= 11 is 0. The molecule has 2 fully saturated rings. The number of rotatable bonds is 2. The van der Waals surface area contributed by atoms with Crippen molar-refractivity contribution in [1.82, 2.24) is 0 Å². The summed E-state index contributed by atoms with van der Waals surface area (Å²) in [7, 11) is 0. The minimum Gasteiger partial charge on any atom is -0.375 e. The van der Waals surface area contributed by atoms with Gasteiger partial charge >= 0.3 is 0 Å². The van der Waals surface area contributed by atoms with Gasteiger partial charge in [0.2, 0.25) is 0 Å². The van der Waals surface area contributed by atoms with Crippen LogP contribution in [0.3, 0.4) is 0 Å². The summed E-state index contributed by atoms with van der Waals surface area (Å²) < 4.78 is 11.7. The molecule has 0 amide bonds. The average Bonchev–Trinajstić information content (AvgIpc) is 2.65. The predicted octanol–water partition coefficient (Wildman–Crippen LogP) is 1.31. The van der Waals surface area contributed by atoms with Crippen LogP contribution in [-0.2, 0) is 9.47 Å². The van der Waals surface area contributed by atoms with Crippen molar-refractivity contribution in [3.63, 3.8) is 0 Å². The van der Waals surface area contributed by atoms with E-state index in [1.165, 1.54) is 12.8 Å². The monoisotopic (exact) mass is 199 g/mol. The first-order valence-corrected chi connectivity index (χ1v) is 5.78. The molecule has 0 saturated carbocycles. The van der Waals surface area contributed by atoms with Crippen molar-refractivity contribution in [2.24, 2.45) is 11.7 Å². The van der Waals surface area contributed by atoms with Gasteiger partial charge in [-0.15, -0.1) is 0 Å². The van der Waals surface area contributed by atoms with E-state index in [9.17, 15) is 0 Å². The van der Waals surface area contributed by atoms with Crippen LogP contribution in [-0.4, -0.2) is 31.5 Å². The second kappa shape index (κ2) is 4.60. The van der Waals surface area contributed by atoms with E-state index in [0.717, 1.165) is 26.0 Å². The highest BCUT2D eigenvalue weighted by atomic mass is 16.5. The first-order valence-electron chi connectivity index (χ1n) is 5.78. The second-order valence-corrected chi connectivity index (χ2v) is 4.54.